The largest absolute Gasteiger partial charge is 0.351 e. The average molecular weight is 278 g/mol. The molecule has 19 heavy (non-hydrogen) atoms. The molecular formula is C14H18N2O2S. The lowest BCUT2D eigenvalue weighted by Crippen LogP contribution is -2.33. The molecule has 0 saturated heterocycles. The number of thiol groups is 1. The van der Waals surface area contributed by atoms with E-state index in [2.05, 4.69) is 17.9 Å². The molecule has 1 N–H and O–H groups in total. The van der Waals surface area contributed by atoms with Crippen molar-refractivity contribution in [2.24, 2.45) is 0 Å². The van der Waals surface area contributed by atoms with Crippen molar-refractivity contribution < 1.29 is 9.59 Å². The maximum Gasteiger partial charge on any atom is 0.251 e. The van der Waals surface area contributed by atoms with Crippen molar-refractivity contribution in [1.82, 2.24) is 5.32 Å². The highest BCUT2D eigenvalue weighted by atomic mass is 32.1. The molecule has 1 aliphatic rings. The summed E-state index contributed by atoms with van der Waals surface area (Å²) in [6.07, 6.45) is 0. The molecule has 4 nitrogen and oxygen atoms in total. The SMILES string of the molecule is CN1C(=O)C(C)(C)c2cc(C(=O)NCCS)ccc21. The second-order valence-electron chi connectivity index (χ2n) is 5.20. The molecule has 0 fully saturated rings. The molecule has 0 spiro atoms. The van der Waals surface area contributed by atoms with Crippen LogP contribution in [-0.4, -0.2) is 31.2 Å². The van der Waals surface area contributed by atoms with E-state index in [1.165, 1.54) is 0 Å². The predicted molar refractivity (Wildman–Crippen MR) is 79.1 cm³/mol. The van der Waals surface area contributed by atoms with Gasteiger partial charge in [0.05, 0.1) is 5.41 Å². The van der Waals surface area contributed by atoms with E-state index in [0.717, 1.165) is 11.3 Å². The molecule has 1 aromatic rings. The van der Waals surface area contributed by atoms with Crippen molar-refractivity contribution in [3.05, 3.63) is 29.3 Å². The van der Waals surface area contributed by atoms with Crippen molar-refractivity contribution in [2.75, 3.05) is 24.2 Å². The Balaban J connectivity index is 2.38. The molecule has 2 rings (SSSR count). The standard InChI is InChI=1S/C14H18N2O2S/c1-14(2)10-8-9(12(17)15-6-7-19)4-5-11(10)16(3)13(14)18/h4-5,8,19H,6-7H2,1-3H3,(H,15,17). The topological polar surface area (TPSA) is 49.4 Å². The van der Waals surface area contributed by atoms with E-state index >= 15 is 0 Å². The number of hydrogen-bond donors (Lipinski definition) is 2. The van der Waals surface area contributed by atoms with E-state index in [4.69, 9.17) is 0 Å². The maximum absolute atomic E-state index is 12.2. The number of amides is 2. The van der Waals surface area contributed by atoms with Gasteiger partial charge in [-0.1, -0.05) is 0 Å². The van der Waals surface area contributed by atoms with Gasteiger partial charge in [0.15, 0.2) is 0 Å². The summed E-state index contributed by atoms with van der Waals surface area (Å²) in [7, 11) is 1.76. The average Bonchev–Trinajstić information content (AvgIpc) is 2.57. The number of benzene rings is 1. The molecule has 1 aromatic carbocycles. The minimum absolute atomic E-state index is 0.0513. The summed E-state index contributed by atoms with van der Waals surface area (Å²) in [5.74, 6) is 0.522. The molecule has 5 heteroatoms. The first-order valence-corrected chi connectivity index (χ1v) is 6.84. The smallest absolute Gasteiger partial charge is 0.251 e. The molecule has 0 saturated carbocycles. The summed E-state index contributed by atoms with van der Waals surface area (Å²) in [4.78, 5) is 25.7. The fraction of sp³-hybridized carbons (Fsp3) is 0.429. The molecule has 1 aliphatic heterocycles. The van der Waals surface area contributed by atoms with Crippen LogP contribution in [0.4, 0.5) is 5.69 Å². The molecule has 1 heterocycles. The van der Waals surface area contributed by atoms with Gasteiger partial charge in [-0.25, -0.2) is 0 Å². The molecule has 0 atom stereocenters. The molecule has 102 valence electrons. The summed E-state index contributed by atoms with van der Waals surface area (Å²) in [5.41, 5.74) is 1.78. The van der Waals surface area contributed by atoms with E-state index in [0.29, 0.717) is 17.9 Å². The van der Waals surface area contributed by atoms with Gasteiger partial charge in [-0.2, -0.15) is 12.6 Å². The molecule has 0 bridgehead atoms. The number of carbonyl (C=O) groups is 2. The van der Waals surface area contributed by atoms with Crippen LogP contribution in [0.3, 0.4) is 0 Å². The van der Waals surface area contributed by atoms with Crippen molar-refractivity contribution in [2.45, 2.75) is 19.3 Å². The first-order chi connectivity index (χ1) is 8.89. The van der Waals surface area contributed by atoms with Crippen molar-refractivity contribution in [3.8, 4) is 0 Å². The molecule has 0 aromatic heterocycles. The van der Waals surface area contributed by atoms with Crippen LogP contribution in [0.2, 0.25) is 0 Å². The molecule has 0 radical (unpaired) electrons. The van der Waals surface area contributed by atoms with Crippen LogP contribution < -0.4 is 10.2 Å². The first kappa shape index (κ1) is 13.9. The Bertz CT molecular complexity index is 540. The number of carbonyl (C=O) groups excluding carboxylic acids is 2. The Morgan fingerprint density at radius 2 is 2.11 bits per heavy atom. The van der Waals surface area contributed by atoms with Crippen LogP contribution >= 0.6 is 12.6 Å². The summed E-state index contributed by atoms with van der Waals surface area (Å²) >= 11 is 4.06. The highest BCUT2D eigenvalue weighted by Gasteiger charge is 2.42. The monoisotopic (exact) mass is 278 g/mol. The molecule has 0 unspecified atom stereocenters. The second kappa shape index (κ2) is 4.89. The van der Waals surface area contributed by atoms with Gasteiger partial charge in [0.2, 0.25) is 5.91 Å². The van der Waals surface area contributed by atoms with Crippen LogP contribution in [-0.2, 0) is 10.2 Å². The minimum atomic E-state index is -0.579. The van der Waals surface area contributed by atoms with E-state index in [1.807, 2.05) is 26.0 Å². The van der Waals surface area contributed by atoms with Gasteiger partial charge in [0.25, 0.3) is 5.91 Å². The van der Waals surface area contributed by atoms with Crippen molar-refractivity contribution >= 4 is 30.1 Å². The lowest BCUT2D eigenvalue weighted by atomic mass is 9.85. The minimum Gasteiger partial charge on any atom is -0.351 e. The Morgan fingerprint density at radius 1 is 1.42 bits per heavy atom. The maximum atomic E-state index is 12.2. The summed E-state index contributed by atoms with van der Waals surface area (Å²) in [6.45, 7) is 4.29. The number of rotatable bonds is 3. The normalized spacial score (nSPS) is 16.4. The van der Waals surface area contributed by atoms with E-state index < -0.39 is 5.41 Å². The number of hydrogen-bond acceptors (Lipinski definition) is 3. The number of nitrogens with zero attached hydrogens (tertiary/aromatic N) is 1. The lowest BCUT2D eigenvalue weighted by Gasteiger charge is -2.16. The zero-order valence-corrected chi connectivity index (χ0v) is 12.3. The number of likely N-dealkylation sites (N-methyl/N-ethyl adjacent to an activating group) is 1. The van der Waals surface area contributed by atoms with Crippen LogP contribution in [0, 0.1) is 0 Å². The zero-order valence-electron chi connectivity index (χ0n) is 11.4. The molecule has 0 aliphatic carbocycles. The molecular weight excluding hydrogens is 260 g/mol. The summed E-state index contributed by atoms with van der Waals surface area (Å²) in [5, 5.41) is 2.78. The fourth-order valence-corrected chi connectivity index (χ4v) is 2.50. The van der Waals surface area contributed by atoms with Crippen LogP contribution in [0.25, 0.3) is 0 Å². The number of fused-ring (bicyclic) bond motifs is 1. The van der Waals surface area contributed by atoms with E-state index in [-0.39, 0.29) is 11.8 Å². The van der Waals surface area contributed by atoms with Crippen LogP contribution in [0.15, 0.2) is 18.2 Å². The second-order valence-corrected chi connectivity index (χ2v) is 5.65. The number of anilines is 1. The van der Waals surface area contributed by atoms with E-state index in [9.17, 15) is 9.59 Å². The quantitative estimate of drug-likeness (QED) is 0.825. The van der Waals surface area contributed by atoms with Gasteiger partial charge in [-0.05, 0) is 37.6 Å². The van der Waals surface area contributed by atoms with Gasteiger partial charge in [-0.15, -0.1) is 0 Å². The Hall–Kier alpha value is -1.49. The van der Waals surface area contributed by atoms with Crippen LogP contribution in [0.1, 0.15) is 29.8 Å². The van der Waals surface area contributed by atoms with Gasteiger partial charge in [-0.3, -0.25) is 9.59 Å². The Labute approximate surface area is 118 Å². The first-order valence-electron chi connectivity index (χ1n) is 6.21. The summed E-state index contributed by atoms with van der Waals surface area (Å²) < 4.78 is 0. The number of nitrogens with one attached hydrogen (secondary N) is 1. The summed E-state index contributed by atoms with van der Waals surface area (Å²) in [6, 6.07) is 5.39. The fourth-order valence-electron chi connectivity index (χ4n) is 2.39. The lowest BCUT2D eigenvalue weighted by molar-refractivity contribution is -0.121. The van der Waals surface area contributed by atoms with Gasteiger partial charge >= 0.3 is 0 Å². The van der Waals surface area contributed by atoms with E-state index in [1.54, 1.807) is 18.0 Å². The Morgan fingerprint density at radius 3 is 2.74 bits per heavy atom. The third-order valence-electron chi connectivity index (χ3n) is 3.53. The van der Waals surface area contributed by atoms with Crippen molar-refractivity contribution in [3.63, 3.8) is 0 Å². The zero-order chi connectivity index (χ0) is 14.2. The van der Waals surface area contributed by atoms with Gasteiger partial charge < -0.3 is 10.2 Å². The predicted octanol–water partition coefficient (Wildman–Crippen LogP) is 1.60. The van der Waals surface area contributed by atoms with Gasteiger partial charge in [0, 0.05) is 30.6 Å². The van der Waals surface area contributed by atoms with Crippen LogP contribution in [0.5, 0.6) is 0 Å². The Kier molecular flexibility index (Phi) is 3.58. The van der Waals surface area contributed by atoms with Crippen molar-refractivity contribution in [1.29, 1.82) is 0 Å². The molecule has 2 amide bonds. The highest BCUT2D eigenvalue weighted by molar-refractivity contribution is 7.80. The third kappa shape index (κ3) is 2.23. The third-order valence-corrected chi connectivity index (χ3v) is 3.75. The highest BCUT2D eigenvalue weighted by Crippen LogP contribution is 2.40. The van der Waals surface area contributed by atoms with Gasteiger partial charge in [0.1, 0.15) is 0 Å².